The number of aromatic amines is 1. The molecule has 3 N–H and O–H groups in total. The second kappa shape index (κ2) is 10.3. The molecule has 0 atom stereocenters. The second-order valence-corrected chi connectivity index (χ2v) is 8.07. The van der Waals surface area contributed by atoms with Crippen molar-refractivity contribution in [3.05, 3.63) is 59.3 Å². The summed E-state index contributed by atoms with van der Waals surface area (Å²) in [6.45, 7) is 2.03. The molecule has 8 heteroatoms. The molecular weight excluding hydrogens is 420 g/mol. The van der Waals surface area contributed by atoms with Crippen molar-refractivity contribution in [3.63, 3.8) is 0 Å². The number of para-hydroxylation sites is 1. The van der Waals surface area contributed by atoms with E-state index in [0.717, 1.165) is 23.2 Å². The average Bonchev–Trinajstić information content (AvgIpc) is 3.21. The number of hydrogen-bond acceptors (Lipinski definition) is 4. The molecule has 1 aliphatic rings. The van der Waals surface area contributed by atoms with Gasteiger partial charge in [0.25, 0.3) is 0 Å². The molecule has 3 aromatic rings. The van der Waals surface area contributed by atoms with E-state index in [-0.39, 0.29) is 18.4 Å². The molecule has 0 spiro atoms. The van der Waals surface area contributed by atoms with Crippen molar-refractivity contribution in [2.75, 3.05) is 33.9 Å². The predicted molar refractivity (Wildman–Crippen MR) is 127 cm³/mol. The molecule has 4 rings (SSSR count). The van der Waals surface area contributed by atoms with Crippen molar-refractivity contribution >= 4 is 22.8 Å². The summed E-state index contributed by atoms with van der Waals surface area (Å²) in [7, 11) is 3.20. The van der Waals surface area contributed by atoms with Crippen molar-refractivity contribution in [1.29, 1.82) is 0 Å². The van der Waals surface area contributed by atoms with Gasteiger partial charge in [-0.05, 0) is 42.2 Å². The quantitative estimate of drug-likeness (QED) is 0.492. The van der Waals surface area contributed by atoms with Gasteiger partial charge in [0.05, 0.1) is 20.8 Å². The summed E-state index contributed by atoms with van der Waals surface area (Å²) in [5.41, 5.74) is 4.53. The summed E-state index contributed by atoms with van der Waals surface area (Å²) in [5, 5.41) is 7.00. The summed E-state index contributed by atoms with van der Waals surface area (Å²) in [5.74, 6) is 1.25. The Hall–Kier alpha value is -3.68. The minimum Gasteiger partial charge on any atom is -0.493 e. The van der Waals surface area contributed by atoms with E-state index < -0.39 is 0 Å². The van der Waals surface area contributed by atoms with Gasteiger partial charge < -0.3 is 30.0 Å². The van der Waals surface area contributed by atoms with Crippen LogP contribution in [0.5, 0.6) is 11.5 Å². The van der Waals surface area contributed by atoms with Crippen molar-refractivity contribution in [3.8, 4) is 11.5 Å². The number of benzene rings is 2. The molecule has 3 amide bonds. The number of hydrogen-bond donors (Lipinski definition) is 3. The lowest BCUT2D eigenvalue weighted by Crippen LogP contribution is -2.43. The zero-order valence-corrected chi connectivity index (χ0v) is 19.1. The lowest BCUT2D eigenvalue weighted by atomic mass is 10.0. The molecule has 0 fully saturated rings. The minimum atomic E-state index is -0.141. The van der Waals surface area contributed by atoms with Crippen molar-refractivity contribution < 1.29 is 19.1 Å². The number of aromatic nitrogens is 1. The summed E-state index contributed by atoms with van der Waals surface area (Å²) >= 11 is 0. The molecule has 2 heterocycles. The van der Waals surface area contributed by atoms with Gasteiger partial charge in [0.1, 0.15) is 0 Å². The number of nitrogens with zero attached hydrogens (tertiary/aromatic N) is 1. The number of ether oxygens (including phenoxy) is 2. The fourth-order valence-corrected chi connectivity index (χ4v) is 4.23. The van der Waals surface area contributed by atoms with Crippen LogP contribution in [0.1, 0.15) is 23.2 Å². The van der Waals surface area contributed by atoms with Crippen LogP contribution in [0.25, 0.3) is 10.9 Å². The highest BCUT2D eigenvalue weighted by atomic mass is 16.5. The van der Waals surface area contributed by atoms with E-state index in [9.17, 15) is 9.59 Å². The first-order valence-corrected chi connectivity index (χ1v) is 11.2. The van der Waals surface area contributed by atoms with Gasteiger partial charge >= 0.3 is 6.03 Å². The van der Waals surface area contributed by atoms with Gasteiger partial charge in [-0.15, -0.1) is 0 Å². The third-order valence-corrected chi connectivity index (χ3v) is 5.98. The Morgan fingerprint density at radius 2 is 1.85 bits per heavy atom. The Bertz CT molecular complexity index is 1140. The molecule has 0 radical (unpaired) electrons. The number of carbonyl (C=O) groups is 2. The van der Waals surface area contributed by atoms with Crippen molar-refractivity contribution in [2.45, 2.75) is 25.8 Å². The number of urea groups is 1. The van der Waals surface area contributed by atoms with E-state index in [0.29, 0.717) is 44.1 Å². The van der Waals surface area contributed by atoms with Gasteiger partial charge in [-0.2, -0.15) is 0 Å². The molecule has 33 heavy (non-hydrogen) atoms. The lowest BCUT2D eigenvalue weighted by Gasteiger charge is -2.27. The highest BCUT2D eigenvalue weighted by Crippen LogP contribution is 2.28. The highest BCUT2D eigenvalue weighted by molar-refractivity contribution is 5.85. The largest absolute Gasteiger partial charge is 0.493 e. The first kappa shape index (κ1) is 22.5. The third-order valence-electron chi connectivity index (χ3n) is 5.98. The molecule has 2 aromatic carbocycles. The maximum atomic E-state index is 12.6. The number of amides is 3. The minimum absolute atomic E-state index is 0.0904. The van der Waals surface area contributed by atoms with Crippen LogP contribution in [0.2, 0.25) is 0 Å². The van der Waals surface area contributed by atoms with Gasteiger partial charge in [-0.3, -0.25) is 4.79 Å². The normalized spacial score (nSPS) is 12.8. The number of H-pyrrole nitrogens is 1. The van der Waals surface area contributed by atoms with Crippen LogP contribution < -0.4 is 20.1 Å². The van der Waals surface area contributed by atoms with Gasteiger partial charge in [0.15, 0.2) is 11.5 Å². The highest BCUT2D eigenvalue weighted by Gasteiger charge is 2.23. The molecule has 8 nitrogen and oxygen atoms in total. The summed E-state index contributed by atoms with van der Waals surface area (Å²) in [6.07, 6.45) is 1.74. The van der Waals surface area contributed by atoms with Gasteiger partial charge in [0, 0.05) is 42.7 Å². The smallest absolute Gasteiger partial charge is 0.317 e. The fourth-order valence-electron chi connectivity index (χ4n) is 4.23. The molecule has 0 saturated heterocycles. The van der Waals surface area contributed by atoms with Crippen LogP contribution in [0.3, 0.4) is 0 Å². The van der Waals surface area contributed by atoms with E-state index >= 15 is 0 Å². The van der Waals surface area contributed by atoms with Crippen LogP contribution >= 0.6 is 0 Å². The summed E-state index contributed by atoms with van der Waals surface area (Å²) in [6, 6.07) is 13.8. The molecule has 0 aliphatic carbocycles. The summed E-state index contributed by atoms with van der Waals surface area (Å²) in [4.78, 5) is 29.9. The van der Waals surface area contributed by atoms with Crippen LogP contribution in [0.15, 0.2) is 42.5 Å². The topological polar surface area (TPSA) is 95.7 Å². The molecule has 0 bridgehead atoms. The predicted octanol–water partition coefficient (Wildman–Crippen LogP) is 3.00. The molecular formula is C25H30N4O4. The Morgan fingerprint density at radius 3 is 2.67 bits per heavy atom. The number of rotatable bonds is 8. The van der Waals surface area contributed by atoms with Crippen LogP contribution in [0, 0.1) is 0 Å². The first-order chi connectivity index (χ1) is 16.1. The van der Waals surface area contributed by atoms with E-state index in [1.54, 1.807) is 19.1 Å². The Labute approximate surface area is 193 Å². The Morgan fingerprint density at radius 1 is 1.03 bits per heavy atom. The van der Waals surface area contributed by atoms with E-state index in [1.807, 2.05) is 30.3 Å². The number of fused-ring (bicyclic) bond motifs is 3. The SMILES string of the molecule is COc1ccc(CCNC(=O)CCNC(=O)N2CCc3c([nH]c4ccccc34)C2)cc1OC. The second-order valence-electron chi connectivity index (χ2n) is 8.07. The molecule has 1 aromatic heterocycles. The Balaban J connectivity index is 1.18. The Kier molecular flexibility index (Phi) is 7.02. The average molecular weight is 451 g/mol. The van der Waals surface area contributed by atoms with Crippen LogP contribution in [0.4, 0.5) is 4.79 Å². The molecule has 0 unspecified atom stereocenters. The maximum Gasteiger partial charge on any atom is 0.317 e. The van der Waals surface area contributed by atoms with E-state index in [4.69, 9.17) is 9.47 Å². The molecule has 1 aliphatic heterocycles. The monoisotopic (exact) mass is 450 g/mol. The lowest BCUT2D eigenvalue weighted by molar-refractivity contribution is -0.120. The van der Waals surface area contributed by atoms with Gasteiger partial charge in [-0.25, -0.2) is 4.79 Å². The zero-order chi connectivity index (χ0) is 23.2. The first-order valence-electron chi connectivity index (χ1n) is 11.2. The van der Waals surface area contributed by atoms with Gasteiger partial charge in [-0.1, -0.05) is 24.3 Å². The number of nitrogens with one attached hydrogen (secondary N) is 3. The van der Waals surface area contributed by atoms with Crippen LogP contribution in [-0.4, -0.2) is 55.7 Å². The zero-order valence-electron chi connectivity index (χ0n) is 19.1. The van der Waals surface area contributed by atoms with Crippen molar-refractivity contribution in [2.24, 2.45) is 0 Å². The molecule has 0 saturated carbocycles. The number of carbonyl (C=O) groups excluding carboxylic acids is 2. The summed E-state index contributed by atoms with van der Waals surface area (Å²) < 4.78 is 10.5. The molecule has 174 valence electrons. The third kappa shape index (κ3) is 5.22. The van der Waals surface area contributed by atoms with Crippen LogP contribution in [-0.2, 0) is 24.2 Å². The fraction of sp³-hybridized carbons (Fsp3) is 0.360. The van der Waals surface area contributed by atoms with E-state index in [1.165, 1.54) is 10.9 Å². The van der Waals surface area contributed by atoms with E-state index in [2.05, 4.69) is 27.8 Å². The van der Waals surface area contributed by atoms with Gasteiger partial charge in [0.2, 0.25) is 5.91 Å². The van der Waals surface area contributed by atoms with Crippen molar-refractivity contribution in [1.82, 2.24) is 20.5 Å². The standard InChI is InChI=1S/C25H30N4O4/c1-32-22-8-7-17(15-23(22)33-2)9-12-26-24(30)10-13-27-25(31)29-14-11-19-18-5-3-4-6-20(18)28-21(19)16-29/h3-8,15,28H,9-14,16H2,1-2H3,(H,26,30)(H,27,31). The maximum absolute atomic E-state index is 12.6. The number of methoxy groups -OCH3 is 2.